The van der Waals surface area contributed by atoms with Crippen molar-refractivity contribution >= 4 is 38.7 Å². The van der Waals surface area contributed by atoms with Gasteiger partial charge < -0.3 is 24.8 Å². The number of hydrogen-bond acceptors (Lipinski definition) is 6. The van der Waals surface area contributed by atoms with Crippen LogP contribution in [0, 0.1) is 0 Å². The van der Waals surface area contributed by atoms with E-state index in [1.54, 1.807) is 21.3 Å². The Morgan fingerprint density at radius 1 is 0.686 bits per heavy atom. The molecule has 0 aliphatic rings. The van der Waals surface area contributed by atoms with Crippen molar-refractivity contribution in [1.82, 2.24) is 4.98 Å². The summed E-state index contributed by atoms with van der Waals surface area (Å²) in [6.45, 7) is 0.562. The van der Waals surface area contributed by atoms with Gasteiger partial charge in [0.25, 0.3) is 0 Å². The zero-order valence-corrected chi connectivity index (χ0v) is 20.0. The number of ether oxygens (including phenoxy) is 3. The molecule has 0 saturated carbocycles. The largest absolute Gasteiger partial charge is 0.497 e. The van der Waals surface area contributed by atoms with Crippen LogP contribution in [0.4, 0.5) is 17.1 Å². The van der Waals surface area contributed by atoms with Crippen molar-refractivity contribution in [1.29, 1.82) is 0 Å². The summed E-state index contributed by atoms with van der Waals surface area (Å²) in [5.41, 5.74) is 4.71. The SMILES string of the molecule is COc1cccc(NCc2cc(Nc3ccc(OC)c(OC)c3)c3ccc4ccccc4c3n2)c1. The number of nitrogens with one attached hydrogen (secondary N) is 2. The molecule has 0 atom stereocenters. The van der Waals surface area contributed by atoms with Crippen LogP contribution < -0.4 is 24.8 Å². The van der Waals surface area contributed by atoms with Crippen LogP contribution in [0.15, 0.2) is 84.9 Å². The van der Waals surface area contributed by atoms with Gasteiger partial charge in [-0.3, -0.25) is 4.98 Å². The summed E-state index contributed by atoms with van der Waals surface area (Å²) in [4.78, 5) is 5.05. The fourth-order valence-corrected chi connectivity index (χ4v) is 4.20. The molecule has 0 spiro atoms. The highest BCUT2D eigenvalue weighted by Crippen LogP contribution is 2.35. The number of pyridine rings is 1. The lowest BCUT2D eigenvalue weighted by molar-refractivity contribution is 0.355. The smallest absolute Gasteiger partial charge is 0.162 e. The maximum Gasteiger partial charge on any atom is 0.162 e. The van der Waals surface area contributed by atoms with E-state index in [1.807, 2.05) is 54.6 Å². The Morgan fingerprint density at radius 2 is 1.54 bits per heavy atom. The maximum absolute atomic E-state index is 5.49. The van der Waals surface area contributed by atoms with Crippen LogP contribution in [0.3, 0.4) is 0 Å². The predicted octanol–water partition coefficient (Wildman–Crippen LogP) is 6.77. The number of hydrogen-bond donors (Lipinski definition) is 2. The number of fused-ring (bicyclic) bond motifs is 3. The summed E-state index contributed by atoms with van der Waals surface area (Å²) in [6, 6.07) is 28.3. The summed E-state index contributed by atoms with van der Waals surface area (Å²) in [5, 5.41) is 10.4. The van der Waals surface area contributed by atoms with Crippen molar-refractivity contribution < 1.29 is 14.2 Å². The minimum Gasteiger partial charge on any atom is -0.497 e. The minimum absolute atomic E-state index is 0.562. The van der Waals surface area contributed by atoms with E-state index >= 15 is 0 Å². The lowest BCUT2D eigenvalue weighted by atomic mass is 10.0. The van der Waals surface area contributed by atoms with E-state index in [1.165, 1.54) is 0 Å². The number of anilines is 3. The number of nitrogens with zero attached hydrogens (tertiary/aromatic N) is 1. The molecular weight excluding hydrogens is 438 g/mol. The van der Waals surface area contributed by atoms with E-state index in [0.29, 0.717) is 18.0 Å². The van der Waals surface area contributed by atoms with Gasteiger partial charge in [0.1, 0.15) is 5.75 Å². The fraction of sp³-hybridized carbons (Fsp3) is 0.138. The second-order valence-electron chi connectivity index (χ2n) is 8.12. The van der Waals surface area contributed by atoms with Gasteiger partial charge in [0.05, 0.1) is 39.1 Å². The molecular formula is C29H27N3O3. The van der Waals surface area contributed by atoms with Gasteiger partial charge in [0.15, 0.2) is 11.5 Å². The minimum atomic E-state index is 0.562. The highest BCUT2D eigenvalue weighted by atomic mass is 16.5. The quantitative estimate of drug-likeness (QED) is 0.247. The van der Waals surface area contributed by atoms with Gasteiger partial charge >= 0.3 is 0 Å². The Bertz CT molecular complexity index is 1500. The van der Waals surface area contributed by atoms with Crippen LogP contribution in [0.25, 0.3) is 21.7 Å². The van der Waals surface area contributed by atoms with Crippen LogP contribution in [0.2, 0.25) is 0 Å². The summed E-state index contributed by atoms with van der Waals surface area (Å²) in [5.74, 6) is 2.16. The first-order valence-electron chi connectivity index (χ1n) is 11.4. The number of aromatic nitrogens is 1. The molecule has 0 unspecified atom stereocenters. The molecule has 4 aromatic carbocycles. The van der Waals surface area contributed by atoms with Gasteiger partial charge in [-0.1, -0.05) is 42.5 Å². The van der Waals surface area contributed by atoms with E-state index in [2.05, 4.69) is 41.0 Å². The molecule has 1 aromatic heterocycles. The maximum atomic E-state index is 5.49. The van der Waals surface area contributed by atoms with Crippen LogP contribution in [-0.4, -0.2) is 26.3 Å². The first-order chi connectivity index (χ1) is 17.2. The van der Waals surface area contributed by atoms with E-state index < -0.39 is 0 Å². The molecule has 0 amide bonds. The van der Waals surface area contributed by atoms with E-state index in [-0.39, 0.29) is 0 Å². The van der Waals surface area contributed by atoms with Gasteiger partial charge in [-0.2, -0.15) is 0 Å². The van der Waals surface area contributed by atoms with Crippen molar-refractivity contribution in [3.05, 3.63) is 90.6 Å². The van der Waals surface area contributed by atoms with Gasteiger partial charge in [0, 0.05) is 40.0 Å². The number of methoxy groups -OCH3 is 3. The molecule has 5 aromatic rings. The Morgan fingerprint density at radius 3 is 2.37 bits per heavy atom. The summed E-state index contributed by atoms with van der Waals surface area (Å²) in [7, 11) is 4.94. The van der Waals surface area contributed by atoms with Crippen molar-refractivity contribution in [3.8, 4) is 17.2 Å². The second kappa shape index (κ2) is 9.81. The number of benzene rings is 4. The lowest BCUT2D eigenvalue weighted by Crippen LogP contribution is -2.04. The zero-order valence-electron chi connectivity index (χ0n) is 20.0. The summed E-state index contributed by atoms with van der Waals surface area (Å²) < 4.78 is 16.2. The lowest BCUT2D eigenvalue weighted by Gasteiger charge is -2.16. The molecule has 6 heteroatoms. The van der Waals surface area contributed by atoms with Crippen LogP contribution in [0.1, 0.15) is 5.69 Å². The van der Waals surface area contributed by atoms with Crippen LogP contribution >= 0.6 is 0 Å². The Hall–Kier alpha value is -4.45. The average Bonchev–Trinajstić information content (AvgIpc) is 2.91. The number of rotatable bonds is 8. The average molecular weight is 466 g/mol. The van der Waals surface area contributed by atoms with Gasteiger partial charge in [-0.25, -0.2) is 0 Å². The molecule has 0 fully saturated rings. The molecule has 0 aliphatic heterocycles. The molecule has 5 rings (SSSR count). The van der Waals surface area contributed by atoms with Gasteiger partial charge in [-0.05, 0) is 35.7 Å². The normalized spacial score (nSPS) is 10.8. The molecule has 2 N–H and O–H groups in total. The molecule has 0 radical (unpaired) electrons. The standard InChI is InChI=1S/C29H27N3O3/c1-33-23-9-6-8-20(15-23)30-18-22-16-26(31-21-12-14-27(34-2)28(17-21)35-3)25-13-11-19-7-4-5-10-24(19)29(25)32-22/h4-17,30H,18H2,1-3H3,(H,31,32). The summed E-state index contributed by atoms with van der Waals surface area (Å²) >= 11 is 0. The third-order valence-electron chi connectivity index (χ3n) is 5.96. The van der Waals surface area contributed by atoms with Crippen LogP contribution in [-0.2, 0) is 6.54 Å². The molecule has 6 nitrogen and oxygen atoms in total. The third-order valence-corrected chi connectivity index (χ3v) is 5.96. The van der Waals surface area contributed by atoms with Crippen molar-refractivity contribution in [2.45, 2.75) is 6.54 Å². The molecule has 0 aliphatic carbocycles. The molecule has 0 saturated heterocycles. The molecule has 35 heavy (non-hydrogen) atoms. The van der Waals surface area contributed by atoms with Crippen molar-refractivity contribution in [3.63, 3.8) is 0 Å². The Kier molecular flexibility index (Phi) is 6.26. The van der Waals surface area contributed by atoms with Crippen molar-refractivity contribution in [2.75, 3.05) is 32.0 Å². The van der Waals surface area contributed by atoms with Crippen LogP contribution in [0.5, 0.6) is 17.2 Å². The Balaban J connectivity index is 1.57. The monoisotopic (exact) mass is 465 g/mol. The Labute approximate surface area is 204 Å². The topological polar surface area (TPSA) is 64.6 Å². The molecule has 0 bridgehead atoms. The highest BCUT2D eigenvalue weighted by Gasteiger charge is 2.12. The second-order valence-corrected chi connectivity index (χ2v) is 8.12. The van der Waals surface area contributed by atoms with Gasteiger partial charge in [-0.15, -0.1) is 0 Å². The predicted molar refractivity (Wildman–Crippen MR) is 142 cm³/mol. The highest BCUT2D eigenvalue weighted by molar-refractivity contribution is 6.09. The van der Waals surface area contributed by atoms with E-state index in [4.69, 9.17) is 19.2 Å². The van der Waals surface area contributed by atoms with E-state index in [9.17, 15) is 0 Å². The fourth-order valence-electron chi connectivity index (χ4n) is 4.20. The zero-order chi connectivity index (χ0) is 24.2. The molecule has 176 valence electrons. The summed E-state index contributed by atoms with van der Waals surface area (Å²) in [6.07, 6.45) is 0. The molecule has 1 heterocycles. The third kappa shape index (κ3) is 4.64. The van der Waals surface area contributed by atoms with Crippen molar-refractivity contribution in [2.24, 2.45) is 0 Å². The van der Waals surface area contributed by atoms with Gasteiger partial charge in [0.2, 0.25) is 0 Å². The van der Waals surface area contributed by atoms with E-state index in [0.717, 1.165) is 50.2 Å². The first-order valence-corrected chi connectivity index (χ1v) is 11.4. The first kappa shape index (κ1) is 22.3.